The highest BCUT2D eigenvalue weighted by atomic mass is 31.2. The minimum Gasteiger partial charge on any atom is -0.370 e. The van der Waals surface area contributed by atoms with Crippen LogP contribution in [0.3, 0.4) is 0 Å². The van der Waals surface area contributed by atoms with Gasteiger partial charge in [0.25, 0.3) is 11.8 Å². The van der Waals surface area contributed by atoms with Crippen molar-refractivity contribution >= 4 is 71.7 Å². The van der Waals surface area contributed by atoms with Crippen molar-refractivity contribution in [2.75, 3.05) is 13.1 Å². The fraction of sp³-hybridized carbons (Fsp3) is 0.367. The van der Waals surface area contributed by atoms with Crippen LogP contribution in [0.25, 0.3) is 10.9 Å². The topological polar surface area (TPSA) is 308 Å². The number of carbonyl (C=O) groups excluding carboxylic acids is 9. The smallest absolute Gasteiger partial charge is 0.370 e. The lowest BCUT2D eigenvalue weighted by molar-refractivity contribution is -0.145. The van der Waals surface area contributed by atoms with Crippen LogP contribution in [0.4, 0.5) is 8.78 Å². The van der Waals surface area contributed by atoms with Gasteiger partial charge in [-0.05, 0) is 85.9 Å². The van der Waals surface area contributed by atoms with Crippen LogP contribution >= 0.6 is 7.60 Å². The van der Waals surface area contributed by atoms with Gasteiger partial charge < -0.3 is 46.2 Å². The SMILES string of the molecule is NC(=O)CC[C@H](NC(=O)[C@@H]1CC[C@@H]2CCN(C(=O)CCCCCC#Cc3cccc4c3CN(C3CCC(=O)NC3=O)C4=O)C[C@H](NC(=O)c3ccc4ccc(C(F)(F)P(=O)(O)O)cc4n3)C(=O)N21)C(=O)NC(c1ccccc1)c1ccccc1. The Morgan fingerprint density at radius 2 is 1.55 bits per heavy atom. The Labute approximate surface area is 481 Å². The number of imide groups is 1. The number of pyridine rings is 1. The third-order valence-electron chi connectivity index (χ3n) is 15.7. The number of piperidine rings is 1. The van der Waals surface area contributed by atoms with E-state index < -0.39 is 90.5 Å². The van der Waals surface area contributed by atoms with Crippen LogP contribution < -0.4 is 27.0 Å². The minimum absolute atomic E-state index is 0.0597. The Kier molecular flexibility index (Phi) is 18.4. The number of alkyl halides is 2. The summed E-state index contributed by atoms with van der Waals surface area (Å²) in [4.78, 5) is 149. The highest BCUT2D eigenvalue weighted by Gasteiger charge is 2.51. The molecule has 0 aliphatic carbocycles. The molecule has 438 valence electrons. The molecular formula is C60H62F2N9O12P. The molecule has 5 atom stereocenters. The maximum atomic E-state index is 15.1. The second-order valence-electron chi connectivity index (χ2n) is 21.3. The summed E-state index contributed by atoms with van der Waals surface area (Å²) in [6.07, 6.45) is 2.72. The average Bonchev–Trinajstić information content (AvgIpc) is 2.63. The Morgan fingerprint density at radius 3 is 2.24 bits per heavy atom. The van der Waals surface area contributed by atoms with E-state index in [4.69, 9.17) is 5.73 Å². The van der Waals surface area contributed by atoms with Gasteiger partial charge in [0, 0.05) is 73.4 Å². The third kappa shape index (κ3) is 13.5. The largest absolute Gasteiger partial charge is 0.399 e. The van der Waals surface area contributed by atoms with Crippen LogP contribution in [-0.4, -0.2) is 126 Å². The van der Waals surface area contributed by atoms with Crippen molar-refractivity contribution in [3.8, 4) is 11.8 Å². The first-order valence-electron chi connectivity index (χ1n) is 27.7. The molecule has 1 unspecified atom stereocenters. The monoisotopic (exact) mass is 1170 g/mol. The van der Waals surface area contributed by atoms with Crippen molar-refractivity contribution in [3.05, 3.63) is 148 Å². The standard InChI is InChI=1S/C60H62F2N9O12P/c61-60(62,84(81,82)83)40-23-21-37-22-25-44(64-46(37)33-40)54(75)66-47-35-69(52(74)20-11-3-1-2-6-13-36-18-12-19-42-43(36)34-70(58(42)79)48-28-30-51(73)67-56(48)77)32-31-41-24-27-49(71(41)59(47)80)57(78)65-45(26-29-50(63)72)55(76)68-53(38-14-7-4-8-15-38)39-16-9-5-10-17-39/h4-5,7-10,12,14-19,21-23,25,33,41,45,47-49,53H,1-3,11,20,24,26-32,34-35H2,(H2,63,72)(H,65,78)(H,66,75)(H,68,76)(H,67,73,77)(H2,81,82,83)/t41-,45+,47+,48?,49+/m1/s1. The fourth-order valence-electron chi connectivity index (χ4n) is 11.2. The Morgan fingerprint density at radius 1 is 0.833 bits per heavy atom. The molecule has 4 aliphatic heterocycles. The van der Waals surface area contributed by atoms with E-state index >= 15 is 4.79 Å². The molecule has 0 bridgehead atoms. The maximum absolute atomic E-state index is 15.1. The van der Waals surface area contributed by atoms with Gasteiger partial charge in [0.2, 0.25) is 41.4 Å². The third-order valence-corrected chi connectivity index (χ3v) is 16.6. The van der Waals surface area contributed by atoms with Gasteiger partial charge in [-0.2, -0.15) is 8.78 Å². The number of nitrogens with one attached hydrogen (secondary N) is 4. The predicted molar refractivity (Wildman–Crippen MR) is 299 cm³/mol. The Balaban J connectivity index is 0.896. The summed E-state index contributed by atoms with van der Waals surface area (Å²) >= 11 is 0. The molecule has 4 aliphatic rings. The molecule has 9 rings (SSSR count). The van der Waals surface area contributed by atoms with E-state index in [1.165, 1.54) is 26.8 Å². The van der Waals surface area contributed by atoms with Gasteiger partial charge in [0.1, 0.15) is 29.9 Å². The van der Waals surface area contributed by atoms with Crippen LogP contribution in [-0.2, 0) is 50.3 Å². The van der Waals surface area contributed by atoms with E-state index in [1.54, 1.807) is 18.2 Å². The number of halogens is 2. The number of nitrogens with zero attached hydrogens (tertiary/aromatic N) is 4. The van der Waals surface area contributed by atoms with E-state index in [1.807, 2.05) is 60.7 Å². The first-order chi connectivity index (χ1) is 40.2. The van der Waals surface area contributed by atoms with Crippen molar-refractivity contribution in [3.63, 3.8) is 0 Å². The zero-order valence-electron chi connectivity index (χ0n) is 45.5. The number of unbranched alkanes of at least 4 members (excludes halogenated alkanes) is 3. The van der Waals surface area contributed by atoms with Gasteiger partial charge in [-0.3, -0.25) is 53.0 Å². The number of hydrogen-bond donors (Lipinski definition) is 7. The molecule has 84 heavy (non-hydrogen) atoms. The Hall–Kier alpha value is -8.71. The Bertz CT molecular complexity index is 3480. The van der Waals surface area contributed by atoms with Gasteiger partial charge in [-0.1, -0.05) is 103 Å². The minimum atomic E-state index is -5.97. The number of amides is 9. The van der Waals surface area contributed by atoms with Gasteiger partial charge in [0.05, 0.1) is 11.6 Å². The van der Waals surface area contributed by atoms with Crippen LogP contribution in [0, 0.1) is 11.8 Å². The van der Waals surface area contributed by atoms with Crippen molar-refractivity contribution in [1.29, 1.82) is 0 Å². The average molecular weight is 1170 g/mol. The summed E-state index contributed by atoms with van der Waals surface area (Å²) in [6.45, 7) is -0.0669. The number of aromatic nitrogens is 1. The lowest BCUT2D eigenvalue weighted by Gasteiger charge is -2.39. The molecule has 5 aromatic rings. The lowest BCUT2D eigenvalue weighted by atomic mass is 9.98. The number of carbonyl (C=O) groups is 9. The number of rotatable bonds is 19. The van der Waals surface area contributed by atoms with E-state index in [-0.39, 0.29) is 98.9 Å². The van der Waals surface area contributed by atoms with E-state index in [2.05, 4.69) is 38.1 Å². The number of nitrogens with two attached hydrogens (primary N) is 1. The second kappa shape index (κ2) is 25.8. The van der Waals surface area contributed by atoms with Crippen LogP contribution in [0.5, 0.6) is 0 Å². The van der Waals surface area contributed by atoms with Crippen molar-refractivity contribution in [2.45, 2.75) is 126 Å². The summed E-state index contributed by atoms with van der Waals surface area (Å²) in [6, 6.07) is 22.8. The molecule has 3 fully saturated rings. The van der Waals surface area contributed by atoms with Gasteiger partial charge in [-0.25, -0.2) is 4.98 Å². The van der Waals surface area contributed by atoms with Crippen LogP contribution in [0.1, 0.15) is 132 Å². The number of fused-ring (bicyclic) bond motifs is 3. The molecular weight excluding hydrogens is 1110 g/mol. The van der Waals surface area contributed by atoms with E-state index in [0.717, 1.165) is 29.3 Å². The highest BCUT2D eigenvalue weighted by molar-refractivity contribution is 7.52. The predicted octanol–water partition coefficient (Wildman–Crippen LogP) is 4.57. The number of primary amides is 1. The normalized spacial score (nSPS) is 19.3. The first kappa shape index (κ1) is 59.9. The zero-order valence-corrected chi connectivity index (χ0v) is 46.4. The second-order valence-corrected chi connectivity index (χ2v) is 22.9. The quantitative estimate of drug-likeness (QED) is 0.0258. The molecule has 21 nitrogen and oxygen atoms in total. The van der Waals surface area contributed by atoms with E-state index in [0.29, 0.717) is 48.8 Å². The molecule has 5 heterocycles. The van der Waals surface area contributed by atoms with Crippen molar-refractivity contribution in [2.24, 2.45) is 5.73 Å². The summed E-state index contributed by atoms with van der Waals surface area (Å²) in [5, 5.41) is 11.0. The number of hydrogen-bond acceptors (Lipinski definition) is 11. The lowest BCUT2D eigenvalue weighted by Crippen LogP contribution is -2.62. The van der Waals surface area contributed by atoms with Gasteiger partial charge in [0.15, 0.2) is 0 Å². The molecule has 4 aromatic carbocycles. The van der Waals surface area contributed by atoms with Crippen LogP contribution in [0.2, 0.25) is 0 Å². The molecule has 8 N–H and O–H groups in total. The highest BCUT2D eigenvalue weighted by Crippen LogP contribution is 2.59. The molecule has 24 heteroatoms. The van der Waals surface area contributed by atoms with E-state index in [9.17, 15) is 61.5 Å². The summed E-state index contributed by atoms with van der Waals surface area (Å²) in [7, 11) is -5.97. The molecule has 0 spiro atoms. The summed E-state index contributed by atoms with van der Waals surface area (Å²) < 4.78 is 41.3. The molecule has 1 aromatic heterocycles. The fourth-order valence-corrected chi connectivity index (χ4v) is 11.7. The van der Waals surface area contributed by atoms with Crippen molar-refractivity contribution < 1.29 is 66.3 Å². The summed E-state index contributed by atoms with van der Waals surface area (Å²) in [5.41, 5.74) is 2.59. The first-order valence-corrected chi connectivity index (χ1v) is 29.3. The number of benzene rings is 4. The maximum Gasteiger partial charge on any atom is 0.399 e. The molecule has 3 saturated heterocycles. The molecule has 0 saturated carbocycles. The van der Waals surface area contributed by atoms with Gasteiger partial charge in [-0.15, -0.1) is 0 Å². The van der Waals surface area contributed by atoms with Crippen LogP contribution in [0.15, 0.2) is 109 Å². The summed E-state index contributed by atoms with van der Waals surface area (Å²) in [5.74, 6) is 1.00. The van der Waals surface area contributed by atoms with Gasteiger partial charge >= 0.3 is 13.3 Å². The zero-order chi connectivity index (χ0) is 59.9. The van der Waals surface area contributed by atoms with Crippen molar-refractivity contribution in [1.82, 2.24) is 41.0 Å². The molecule has 9 amide bonds. The molecule has 0 radical (unpaired) electrons.